The molecule has 0 aliphatic heterocycles. The first kappa shape index (κ1) is 17.8. The van der Waals surface area contributed by atoms with Crippen molar-refractivity contribution in [3.63, 3.8) is 0 Å². The van der Waals surface area contributed by atoms with Gasteiger partial charge in [-0.15, -0.1) is 0 Å². The molecule has 0 unspecified atom stereocenters. The normalized spacial score (nSPS) is 10.9. The molecule has 0 aliphatic carbocycles. The fraction of sp³-hybridized carbons (Fsp3) is 0.190. The fourth-order valence-corrected chi connectivity index (χ4v) is 3.19. The number of aromatic nitrogens is 3. The first-order valence-corrected chi connectivity index (χ1v) is 8.91. The molecule has 28 heavy (non-hydrogen) atoms. The minimum Gasteiger partial charge on any atom is -0.497 e. The molecule has 4 rings (SSSR count). The van der Waals surface area contributed by atoms with E-state index in [2.05, 4.69) is 15.4 Å². The Bertz CT molecular complexity index is 1100. The van der Waals surface area contributed by atoms with Crippen LogP contribution in [0.25, 0.3) is 22.2 Å². The zero-order valence-electron chi connectivity index (χ0n) is 15.7. The Morgan fingerprint density at radius 1 is 1.21 bits per heavy atom. The van der Waals surface area contributed by atoms with Gasteiger partial charge in [0.15, 0.2) is 5.65 Å². The van der Waals surface area contributed by atoms with E-state index in [1.165, 1.54) is 0 Å². The molecule has 0 radical (unpaired) electrons. The molecule has 0 spiro atoms. The van der Waals surface area contributed by atoms with Crippen molar-refractivity contribution in [1.29, 1.82) is 0 Å². The molecule has 0 bridgehead atoms. The minimum absolute atomic E-state index is 0.0874. The smallest absolute Gasteiger partial charge is 0.242 e. The lowest BCUT2D eigenvalue weighted by Gasteiger charge is -2.07. The van der Waals surface area contributed by atoms with Gasteiger partial charge in [0.1, 0.15) is 18.1 Å². The van der Waals surface area contributed by atoms with Crippen LogP contribution in [0.2, 0.25) is 0 Å². The van der Waals surface area contributed by atoms with E-state index in [9.17, 15) is 4.79 Å². The number of ether oxygens (including phenoxy) is 1. The van der Waals surface area contributed by atoms with Crippen LogP contribution in [0.15, 0.2) is 59.3 Å². The third-order valence-electron chi connectivity index (χ3n) is 4.54. The van der Waals surface area contributed by atoms with Crippen LogP contribution in [0.3, 0.4) is 0 Å². The summed E-state index contributed by atoms with van der Waals surface area (Å²) < 4.78 is 12.1. The van der Waals surface area contributed by atoms with Crippen molar-refractivity contribution in [2.24, 2.45) is 0 Å². The highest BCUT2D eigenvalue weighted by Crippen LogP contribution is 2.30. The second kappa shape index (κ2) is 7.56. The van der Waals surface area contributed by atoms with Crippen LogP contribution in [0.1, 0.15) is 11.5 Å². The minimum atomic E-state index is -0.155. The number of hydrogen-bond donors (Lipinski definition) is 1. The van der Waals surface area contributed by atoms with E-state index in [1.54, 1.807) is 30.3 Å². The maximum Gasteiger partial charge on any atom is 0.242 e. The summed E-state index contributed by atoms with van der Waals surface area (Å²) in [5, 5.41) is 8.31. The largest absolute Gasteiger partial charge is 0.497 e. The zero-order valence-corrected chi connectivity index (χ0v) is 15.7. The molecule has 7 nitrogen and oxygen atoms in total. The quantitative estimate of drug-likeness (QED) is 0.558. The fourth-order valence-electron chi connectivity index (χ4n) is 3.19. The van der Waals surface area contributed by atoms with Crippen LogP contribution in [-0.4, -0.2) is 27.8 Å². The third kappa shape index (κ3) is 3.46. The van der Waals surface area contributed by atoms with Gasteiger partial charge in [-0.2, -0.15) is 5.10 Å². The molecule has 0 fully saturated rings. The van der Waals surface area contributed by atoms with E-state index >= 15 is 0 Å². The molecule has 4 aromatic rings. The van der Waals surface area contributed by atoms with Crippen molar-refractivity contribution in [1.82, 2.24) is 20.1 Å². The highest BCUT2D eigenvalue weighted by molar-refractivity contribution is 5.95. The molecule has 0 aliphatic rings. The molecule has 7 heteroatoms. The van der Waals surface area contributed by atoms with Crippen LogP contribution in [0.5, 0.6) is 5.75 Å². The van der Waals surface area contributed by atoms with Gasteiger partial charge in [-0.3, -0.25) is 4.79 Å². The highest BCUT2D eigenvalue weighted by Gasteiger charge is 2.16. The number of nitrogens with one attached hydrogen (secondary N) is 1. The monoisotopic (exact) mass is 376 g/mol. The summed E-state index contributed by atoms with van der Waals surface area (Å²) in [6.07, 6.45) is 3.32. The first-order chi connectivity index (χ1) is 13.7. The number of furan rings is 1. The van der Waals surface area contributed by atoms with Crippen molar-refractivity contribution in [3.8, 4) is 16.9 Å². The van der Waals surface area contributed by atoms with Gasteiger partial charge in [0.05, 0.1) is 25.6 Å². The molecular formula is C21H20N4O3. The summed E-state index contributed by atoms with van der Waals surface area (Å²) in [6.45, 7) is 2.35. The lowest BCUT2D eigenvalue weighted by Crippen LogP contribution is -2.27. The van der Waals surface area contributed by atoms with Gasteiger partial charge < -0.3 is 14.5 Å². The summed E-state index contributed by atoms with van der Waals surface area (Å²) in [7, 11) is 1.64. The van der Waals surface area contributed by atoms with Crippen molar-refractivity contribution in [3.05, 3.63) is 66.4 Å². The molecule has 0 atom stereocenters. The van der Waals surface area contributed by atoms with Gasteiger partial charge in [0, 0.05) is 11.6 Å². The van der Waals surface area contributed by atoms with Gasteiger partial charge in [-0.25, -0.2) is 9.67 Å². The van der Waals surface area contributed by atoms with Gasteiger partial charge in [0.25, 0.3) is 0 Å². The number of fused-ring (bicyclic) bond motifs is 1. The van der Waals surface area contributed by atoms with Gasteiger partial charge in [0.2, 0.25) is 5.91 Å². The predicted molar refractivity (Wildman–Crippen MR) is 105 cm³/mol. The van der Waals surface area contributed by atoms with Gasteiger partial charge >= 0.3 is 0 Å². The number of amides is 1. The predicted octanol–water partition coefficient (Wildman–Crippen LogP) is 3.32. The van der Waals surface area contributed by atoms with E-state index in [0.29, 0.717) is 18.0 Å². The van der Waals surface area contributed by atoms with Crippen LogP contribution in [0.4, 0.5) is 0 Å². The number of hydrogen-bond acceptors (Lipinski definition) is 5. The van der Waals surface area contributed by atoms with Gasteiger partial charge in [-0.05, 0) is 48.4 Å². The number of methoxy groups -OCH3 is 1. The average Bonchev–Trinajstić information content (AvgIpc) is 3.35. The van der Waals surface area contributed by atoms with Crippen LogP contribution in [-0.2, 0) is 17.9 Å². The van der Waals surface area contributed by atoms with E-state index in [0.717, 1.165) is 28.0 Å². The summed E-state index contributed by atoms with van der Waals surface area (Å²) in [6, 6.07) is 13.4. The second-order valence-corrected chi connectivity index (χ2v) is 6.38. The molecule has 1 aromatic carbocycles. The molecule has 1 amide bonds. The molecule has 1 N–H and O–H groups in total. The van der Waals surface area contributed by atoms with Crippen LogP contribution in [0, 0.1) is 6.92 Å². The standard InChI is InChI=1S/C21H20N4O3/c1-14-20-18(15-5-7-16(27-2)8-6-15)9-10-22-21(20)25(24-14)13-19(26)23-12-17-4-3-11-28-17/h3-11H,12-13H2,1-2H3,(H,23,26). The third-order valence-corrected chi connectivity index (χ3v) is 4.54. The highest BCUT2D eigenvalue weighted by atomic mass is 16.5. The maximum atomic E-state index is 12.3. The SMILES string of the molecule is COc1ccc(-c2ccnc3c2c(C)nn3CC(=O)NCc2ccco2)cc1. The maximum absolute atomic E-state index is 12.3. The van der Waals surface area contributed by atoms with Gasteiger partial charge in [-0.1, -0.05) is 12.1 Å². The molecular weight excluding hydrogens is 356 g/mol. The van der Waals surface area contributed by atoms with E-state index in [1.807, 2.05) is 43.3 Å². The van der Waals surface area contributed by atoms with Crippen LogP contribution < -0.4 is 10.1 Å². The summed E-state index contributed by atoms with van der Waals surface area (Å²) in [5.74, 6) is 1.35. The van der Waals surface area contributed by atoms with E-state index < -0.39 is 0 Å². The number of carbonyl (C=O) groups excluding carboxylic acids is 1. The Labute approximate surface area is 161 Å². The molecule has 3 heterocycles. The Morgan fingerprint density at radius 2 is 2.04 bits per heavy atom. The Balaban J connectivity index is 1.61. The molecule has 0 saturated carbocycles. The van der Waals surface area contributed by atoms with E-state index in [4.69, 9.17) is 9.15 Å². The topological polar surface area (TPSA) is 82.2 Å². The lowest BCUT2D eigenvalue weighted by atomic mass is 10.0. The molecule has 142 valence electrons. The molecule has 0 saturated heterocycles. The average molecular weight is 376 g/mol. The Hall–Kier alpha value is -3.61. The van der Waals surface area contributed by atoms with Crippen molar-refractivity contribution in [2.75, 3.05) is 7.11 Å². The van der Waals surface area contributed by atoms with E-state index in [-0.39, 0.29) is 12.5 Å². The Morgan fingerprint density at radius 3 is 2.75 bits per heavy atom. The summed E-state index contributed by atoms with van der Waals surface area (Å²) in [5.41, 5.74) is 3.57. The summed E-state index contributed by atoms with van der Waals surface area (Å²) in [4.78, 5) is 16.8. The number of nitrogens with zero attached hydrogens (tertiary/aromatic N) is 3. The first-order valence-electron chi connectivity index (χ1n) is 8.91. The number of benzene rings is 1. The Kier molecular flexibility index (Phi) is 4.80. The molecule has 3 aromatic heterocycles. The number of aryl methyl sites for hydroxylation is 1. The van der Waals surface area contributed by atoms with Crippen molar-refractivity contribution < 1.29 is 13.9 Å². The number of carbonyl (C=O) groups is 1. The number of rotatable bonds is 6. The van der Waals surface area contributed by atoms with Crippen molar-refractivity contribution in [2.45, 2.75) is 20.0 Å². The lowest BCUT2D eigenvalue weighted by molar-refractivity contribution is -0.122. The van der Waals surface area contributed by atoms with Crippen LogP contribution >= 0.6 is 0 Å². The van der Waals surface area contributed by atoms with Crippen molar-refractivity contribution >= 4 is 16.9 Å². The second-order valence-electron chi connectivity index (χ2n) is 6.38. The summed E-state index contributed by atoms with van der Waals surface area (Å²) >= 11 is 0. The zero-order chi connectivity index (χ0) is 19.5. The number of pyridine rings is 1.